The first-order valence-electron chi connectivity index (χ1n) is 4.09. The van der Waals surface area contributed by atoms with Gasteiger partial charge in [0, 0.05) is 14.8 Å². The van der Waals surface area contributed by atoms with E-state index in [0.29, 0.717) is 16.4 Å². The Morgan fingerprint density at radius 2 is 2.27 bits per heavy atom. The van der Waals surface area contributed by atoms with Crippen LogP contribution in [0.4, 0.5) is 0 Å². The van der Waals surface area contributed by atoms with Crippen LogP contribution in [-0.4, -0.2) is 0 Å². The number of benzene rings is 1. The molecule has 0 amide bonds. The zero-order valence-corrected chi connectivity index (χ0v) is 9.79. The monoisotopic (exact) mass is 285 g/mol. The summed E-state index contributed by atoms with van der Waals surface area (Å²) in [6, 6.07) is 5.45. The maximum Gasteiger partial charge on any atom is 0.152 e. The first kappa shape index (κ1) is 10.4. The quantitative estimate of drug-likeness (QED) is 0.450. The van der Waals surface area contributed by atoms with Gasteiger partial charge in [-0.3, -0.25) is 0 Å². The smallest absolute Gasteiger partial charge is 0.152 e. The predicted molar refractivity (Wildman–Crippen MR) is 61.8 cm³/mol. The van der Waals surface area contributed by atoms with E-state index in [9.17, 15) is 0 Å². The Labute approximate surface area is 98.6 Å². The Bertz CT molecular complexity index is 560. The number of rotatable bonds is 2. The minimum absolute atomic E-state index is 0.194. The molecule has 6 heteroatoms. The fourth-order valence-corrected chi connectivity index (χ4v) is 2.18. The molecule has 0 bridgehead atoms. The van der Waals surface area contributed by atoms with E-state index in [1.807, 2.05) is 6.07 Å². The molecule has 0 aliphatic carbocycles. The first-order chi connectivity index (χ1) is 7.20. The van der Waals surface area contributed by atoms with Gasteiger partial charge in [-0.15, -0.1) is 0 Å². The lowest BCUT2D eigenvalue weighted by molar-refractivity contribution is 0.552. The number of nitrogens with zero attached hydrogens (tertiary/aromatic N) is 3. The second kappa shape index (κ2) is 4.14. The molecule has 0 fully saturated rings. The molecular weight excluding hydrogens is 281 g/mol. The van der Waals surface area contributed by atoms with Crippen LogP contribution in [0.2, 0.25) is 5.02 Å². The third-order valence-electron chi connectivity index (χ3n) is 1.88. The summed E-state index contributed by atoms with van der Waals surface area (Å²) >= 11 is 9.32. The summed E-state index contributed by atoms with van der Waals surface area (Å²) in [7, 11) is 0. The Morgan fingerprint density at radius 1 is 1.47 bits per heavy atom. The molecule has 0 saturated heterocycles. The van der Waals surface area contributed by atoms with Crippen molar-refractivity contribution in [1.29, 1.82) is 0 Å². The van der Waals surface area contributed by atoms with Crippen molar-refractivity contribution >= 4 is 38.5 Å². The van der Waals surface area contributed by atoms with Crippen LogP contribution in [-0.2, 0) is 6.54 Å². The van der Waals surface area contributed by atoms with Gasteiger partial charge < -0.3 is 4.42 Å². The van der Waals surface area contributed by atoms with E-state index < -0.39 is 0 Å². The van der Waals surface area contributed by atoms with Crippen LogP contribution in [0.25, 0.3) is 21.4 Å². The molecule has 0 unspecified atom stereocenters. The van der Waals surface area contributed by atoms with Gasteiger partial charge in [-0.25, -0.2) is 0 Å². The van der Waals surface area contributed by atoms with Gasteiger partial charge in [-0.1, -0.05) is 32.6 Å². The lowest BCUT2D eigenvalue weighted by atomic mass is 10.2. The molecule has 2 aromatic rings. The van der Waals surface area contributed by atoms with E-state index in [1.54, 1.807) is 12.1 Å². The molecule has 0 aliphatic heterocycles. The van der Waals surface area contributed by atoms with Crippen LogP contribution in [0.1, 0.15) is 5.76 Å². The van der Waals surface area contributed by atoms with Crippen molar-refractivity contribution in [2.24, 2.45) is 5.11 Å². The first-order valence-corrected chi connectivity index (χ1v) is 5.26. The van der Waals surface area contributed by atoms with Crippen molar-refractivity contribution in [1.82, 2.24) is 0 Å². The highest BCUT2D eigenvalue weighted by molar-refractivity contribution is 9.10. The summed E-state index contributed by atoms with van der Waals surface area (Å²) in [4.78, 5) is 2.66. The Kier molecular flexibility index (Phi) is 2.86. The maximum atomic E-state index is 8.18. The minimum Gasteiger partial charge on any atom is -0.459 e. The van der Waals surface area contributed by atoms with Crippen molar-refractivity contribution in [3.63, 3.8) is 0 Å². The van der Waals surface area contributed by atoms with Gasteiger partial charge in [-0.05, 0) is 23.7 Å². The van der Waals surface area contributed by atoms with Crippen molar-refractivity contribution in [2.75, 3.05) is 0 Å². The van der Waals surface area contributed by atoms with Gasteiger partial charge >= 0.3 is 0 Å². The highest BCUT2D eigenvalue weighted by Crippen LogP contribution is 2.30. The number of azide groups is 1. The molecule has 0 saturated carbocycles. The fourth-order valence-electron chi connectivity index (χ4n) is 1.31. The van der Waals surface area contributed by atoms with E-state index >= 15 is 0 Å². The highest BCUT2D eigenvalue weighted by atomic mass is 79.9. The van der Waals surface area contributed by atoms with E-state index in [2.05, 4.69) is 26.0 Å². The van der Waals surface area contributed by atoms with Gasteiger partial charge in [0.15, 0.2) is 5.58 Å². The zero-order valence-electron chi connectivity index (χ0n) is 7.44. The molecular formula is C9H5BrClN3O. The van der Waals surface area contributed by atoms with Crippen molar-refractivity contribution < 1.29 is 4.42 Å². The molecule has 1 heterocycles. The topological polar surface area (TPSA) is 61.9 Å². The molecule has 0 radical (unpaired) electrons. The molecule has 2 rings (SSSR count). The zero-order chi connectivity index (χ0) is 10.8. The molecule has 76 valence electrons. The molecule has 1 aromatic heterocycles. The van der Waals surface area contributed by atoms with Gasteiger partial charge in [0.1, 0.15) is 5.76 Å². The Balaban J connectivity index is 2.55. The van der Waals surface area contributed by atoms with Crippen LogP contribution < -0.4 is 0 Å². The lowest BCUT2D eigenvalue weighted by Gasteiger charge is -1.93. The summed E-state index contributed by atoms with van der Waals surface area (Å²) in [5, 5.41) is 4.84. The molecule has 0 spiro atoms. The average molecular weight is 287 g/mol. The van der Waals surface area contributed by atoms with Crippen LogP contribution in [0, 0.1) is 0 Å². The summed E-state index contributed by atoms with van der Waals surface area (Å²) < 4.78 is 6.32. The van der Waals surface area contributed by atoms with Gasteiger partial charge in [-0.2, -0.15) is 0 Å². The van der Waals surface area contributed by atoms with Crippen LogP contribution in [0.15, 0.2) is 32.2 Å². The van der Waals surface area contributed by atoms with E-state index in [-0.39, 0.29) is 6.54 Å². The molecule has 4 nitrogen and oxygen atoms in total. The minimum atomic E-state index is 0.194. The largest absolute Gasteiger partial charge is 0.459 e. The third kappa shape index (κ3) is 2.09. The average Bonchev–Trinajstić information content (AvgIpc) is 2.57. The summed E-state index contributed by atoms with van der Waals surface area (Å²) in [6.07, 6.45) is 0. The fraction of sp³-hybridized carbons (Fsp3) is 0.111. The summed E-state index contributed by atoms with van der Waals surface area (Å²) in [6.45, 7) is 0.194. The summed E-state index contributed by atoms with van der Waals surface area (Å²) in [5.74, 6) is 0.600. The summed E-state index contributed by atoms with van der Waals surface area (Å²) in [5.41, 5.74) is 8.80. The van der Waals surface area contributed by atoms with Crippen LogP contribution in [0.3, 0.4) is 0 Å². The number of hydrogen-bond acceptors (Lipinski definition) is 2. The molecule has 0 N–H and O–H groups in total. The Morgan fingerprint density at radius 3 is 3.00 bits per heavy atom. The number of furan rings is 1. The van der Waals surface area contributed by atoms with Gasteiger partial charge in [0.2, 0.25) is 0 Å². The molecule has 1 aromatic carbocycles. The number of hydrogen-bond donors (Lipinski definition) is 0. The highest BCUT2D eigenvalue weighted by Gasteiger charge is 2.07. The van der Waals surface area contributed by atoms with Crippen molar-refractivity contribution in [2.45, 2.75) is 6.54 Å². The van der Waals surface area contributed by atoms with E-state index in [0.717, 1.165) is 9.86 Å². The van der Waals surface area contributed by atoms with Crippen LogP contribution in [0.5, 0.6) is 0 Å². The van der Waals surface area contributed by atoms with E-state index in [1.165, 1.54) is 0 Å². The van der Waals surface area contributed by atoms with Gasteiger partial charge in [0.25, 0.3) is 0 Å². The number of fused-ring (bicyclic) bond motifs is 1. The molecule has 0 aliphatic rings. The van der Waals surface area contributed by atoms with Crippen molar-refractivity contribution in [3.05, 3.63) is 43.9 Å². The second-order valence-corrected chi connectivity index (χ2v) is 4.23. The van der Waals surface area contributed by atoms with Crippen LogP contribution >= 0.6 is 27.5 Å². The normalized spacial score (nSPS) is 10.3. The lowest BCUT2D eigenvalue weighted by Crippen LogP contribution is -1.70. The van der Waals surface area contributed by atoms with Gasteiger partial charge in [0.05, 0.1) is 11.6 Å². The maximum absolute atomic E-state index is 8.18. The standard InChI is InChI=1S/C9H5BrClN3O/c10-6-1-5-2-7(4-13-14-12)15-9(5)8(11)3-6/h1-3H,4H2. The SMILES string of the molecule is [N-]=[N+]=NCc1cc2cc(Br)cc(Cl)c2o1. The third-order valence-corrected chi connectivity index (χ3v) is 2.62. The van der Waals surface area contributed by atoms with E-state index in [4.69, 9.17) is 21.5 Å². The molecule has 15 heavy (non-hydrogen) atoms. The predicted octanol–water partition coefficient (Wildman–Crippen LogP) is 4.66. The second-order valence-electron chi connectivity index (χ2n) is 2.91. The van der Waals surface area contributed by atoms with Crippen molar-refractivity contribution in [3.8, 4) is 0 Å². The Hall–Kier alpha value is -1.16. The number of halogens is 2. The molecule has 0 atom stereocenters.